The average Bonchev–Trinajstić information content (AvgIpc) is 2.78. The number of ether oxygens (including phenoxy) is 1. The van der Waals surface area contributed by atoms with Crippen molar-refractivity contribution < 1.29 is 14.3 Å². The lowest BCUT2D eigenvalue weighted by molar-refractivity contribution is 0.117. The van der Waals surface area contributed by atoms with E-state index in [-0.39, 0.29) is 12.6 Å². The first kappa shape index (κ1) is 14.1. The van der Waals surface area contributed by atoms with Crippen LogP contribution in [0.1, 0.15) is 18.1 Å². The predicted octanol–water partition coefficient (Wildman–Crippen LogP) is 2.42. The van der Waals surface area contributed by atoms with Crippen LogP contribution in [0.25, 0.3) is 6.08 Å². The first-order valence-corrected chi connectivity index (χ1v) is 6.56. The van der Waals surface area contributed by atoms with Crippen molar-refractivity contribution >= 4 is 18.2 Å². The van der Waals surface area contributed by atoms with Crippen molar-refractivity contribution in [2.75, 3.05) is 13.2 Å². The van der Waals surface area contributed by atoms with Gasteiger partial charge >= 0.3 is 12.1 Å². The number of benzene rings is 1. The largest absolute Gasteiger partial charge is 0.449 e. The number of hydrogen-bond acceptors (Lipinski definition) is 3. The Balaban J connectivity index is 1.79. The molecule has 106 valence electrons. The van der Waals surface area contributed by atoms with Crippen molar-refractivity contribution in [1.29, 1.82) is 0 Å². The molecule has 0 radical (unpaired) electrons. The number of carbonyl (C=O) groups is 2. The van der Waals surface area contributed by atoms with E-state index < -0.39 is 12.1 Å². The van der Waals surface area contributed by atoms with Gasteiger partial charge in [-0.15, -0.1) is 0 Å². The highest BCUT2D eigenvalue weighted by Crippen LogP contribution is 2.08. The molecule has 0 bridgehead atoms. The van der Waals surface area contributed by atoms with Gasteiger partial charge in [0, 0.05) is 12.5 Å². The van der Waals surface area contributed by atoms with Gasteiger partial charge in [-0.05, 0) is 18.1 Å². The summed E-state index contributed by atoms with van der Waals surface area (Å²) in [5.74, 6) is 0. The summed E-state index contributed by atoms with van der Waals surface area (Å²) in [6, 6.07) is 7.43. The maximum absolute atomic E-state index is 11.7. The molecule has 1 aliphatic heterocycles. The Kier molecular flexibility index (Phi) is 4.40. The summed E-state index contributed by atoms with van der Waals surface area (Å²) in [6.07, 6.45) is 1.81. The van der Waals surface area contributed by atoms with Gasteiger partial charge in [-0.25, -0.2) is 14.5 Å². The lowest BCUT2D eigenvalue weighted by Gasteiger charge is -2.12. The van der Waals surface area contributed by atoms with Crippen LogP contribution in [0.4, 0.5) is 9.59 Å². The van der Waals surface area contributed by atoms with Crippen LogP contribution in [0.5, 0.6) is 0 Å². The van der Waals surface area contributed by atoms with Crippen molar-refractivity contribution in [3.8, 4) is 0 Å². The summed E-state index contributed by atoms with van der Waals surface area (Å²) in [5.41, 5.74) is 2.12. The Morgan fingerprint density at radius 1 is 1.50 bits per heavy atom. The number of rotatable bonds is 4. The molecule has 0 spiro atoms. The summed E-state index contributed by atoms with van der Waals surface area (Å²) < 4.78 is 5.11. The summed E-state index contributed by atoms with van der Waals surface area (Å²) in [4.78, 5) is 24.2. The quantitative estimate of drug-likeness (QED) is 0.917. The molecule has 0 saturated carbocycles. The smallest absolute Gasteiger partial charge is 0.418 e. The van der Waals surface area contributed by atoms with Crippen molar-refractivity contribution in [3.05, 3.63) is 42.0 Å². The average molecular weight is 274 g/mol. The second-order valence-corrected chi connectivity index (χ2v) is 4.77. The molecule has 1 aromatic rings. The lowest BCUT2D eigenvalue weighted by Crippen LogP contribution is -2.35. The Morgan fingerprint density at radius 2 is 2.20 bits per heavy atom. The molecule has 1 aromatic carbocycles. The highest BCUT2D eigenvalue weighted by atomic mass is 16.6. The maximum atomic E-state index is 11.7. The van der Waals surface area contributed by atoms with Crippen LogP contribution in [0, 0.1) is 0 Å². The van der Waals surface area contributed by atoms with Crippen molar-refractivity contribution in [1.82, 2.24) is 10.2 Å². The Labute approximate surface area is 118 Å². The van der Waals surface area contributed by atoms with Crippen LogP contribution in [0.2, 0.25) is 0 Å². The zero-order valence-electron chi connectivity index (χ0n) is 11.5. The molecule has 1 aliphatic rings. The fraction of sp³-hybridized carbons (Fsp3) is 0.333. The zero-order chi connectivity index (χ0) is 14.5. The number of urea groups is 1. The molecule has 3 amide bonds. The molecule has 1 saturated heterocycles. The number of carbonyl (C=O) groups excluding carboxylic acids is 2. The van der Waals surface area contributed by atoms with Gasteiger partial charge in [-0.3, -0.25) is 0 Å². The Hall–Kier alpha value is -2.30. The SMILES string of the molecule is C=Cc1ccc(CCOC(=O)N2CC(C)NC2=O)cc1. The normalized spacial score (nSPS) is 17.8. The van der Waals surface area contributed by atoms with Gasteiger partial charge < -0.3 is 10.1 Å². The third-order valence-corrected chi connectivity index (χ3v) is 3.12. The molecule has 0 aliphatic carbocycles. The van der Waals surface area contributed by atoms with E-state index in [0.29, 0.717) is 13.0 Å². The van der Waals surface area contributed by atoms with Crippen LogP contribution in [0.15, 0.2) is 30.8 Å². The molecule has 1 N–H and O–H groups in total. The highest BCUT2D eigenvalue weighted by molar-refractivity contribution is 5.92. The standard InChI is InChI=1S/C15H18N2O3/c1-3-12-4-6-13(7-5-12)8-9-20-15(19)17-10-11(2)16-14(17)18/h3-7,11H,1,8-10H2,2H3,(H,16,18). The van der Waals surface area contributed by atoms with E-state index >= 15 is 0 Å². The van der Waals surface area contributed by atoms with E-state index in [1.807, 2.05) is 31.2 Å². The van der Waals surface area contributed by atoms with Gasteiger partial charge in [0.05, 0.1) is 13.2 Å². The van der Waals surface area contributed by atoms with Crippen LogP contribution in [-0.2, 0) is 11.2 Å². The molecular formula is C15H18N2O3. The van der Waals surface area contributed by atoms with Gasteiger partial charge in [0.1, 0.15) is 0 Å². The molecule has 0 aromatic heterocycles. The van der Waals surface area contributed by atoms with Gasteiger partial charge in [-0.2, -0.15) is 0 Å². The zero-order valence-corrected chi connectivity index (χ0v) is 11.5. The number of hydrogen-bond donors (Lipinski definition) is 1. The van der Waals surface area contributed by atoms with E-state index in [2.05, 4.69) is 11.9 Å². The van der Waals surface area contributed by atoms with Crippen molar-refractivity contribution in [2.45, 2.75) is 19.4 Å². The Bertz CT molecular complexity index is 510. The minimum absolute atomic E-state index is 0.0264. The molecule has 1 heterocycles. The molecule has 5 heteroatoms. The summed E-state index contributed by atoms with van der Waals surface area (Å²) >= 11 is 0. The third-order valence-electron chi connectivity index (χ3n) is 3.12. The fourth-order valence-corrected chi connectivity index (χ4v) is 2.00. The van der Waals surface area contributed by atoms with Crippen LogP contribution >= 0.6 is 0 Å². The minimum Gasteiger partial charge on any atom is -0.449 e. The Morgan fingerprint density at radius 3 is 2.75 bits per heavy atom. The second-order valence-electron chi connectivity index (χ2n) is 4.77. The summed E-state index contributed by atoms with van der Waals surface area (Å²) in [7, 11) is 0. The highest BCUT2D eigenvalue weighted by Gasteiger charge is 2.31. The topological polar surface area (TPSA) is 58.6 Å². The monoisotopic (exact) mass is 274 g/mol. The van der Waals surface area contributed by atoms with Gasteiger partial charge in [-0.1, -0.05) is 36.9 Å². The van der Waals surface area contributed by atoms with E-state index in [1.54, 1.807) is 6.08 Å². The lowest BCUT2D eigenvalue weighted by atomic mass is 10.1. The number of imide groups is 1. The molecule has 2 rings (SSSR count). The second kappa shape index (κ2) is 6.23. The van der Waals surface area contributed by atoms with Crippen LogP contribution < -0.4 is 5.32 Å². The van der Waals surface area contributed by atoms with E-state index in [0.717, 1.165) is 16.0 Å². The number of nitrogens with zero attached hydrogens (tertiary/aromatic N) is 1. The first-order chi connectivity index (χ1) is 9.60. The van der Waals surface area contributed by atoms with Crippen LogP contribution in [-0.4, -0.2) is 36.2 Å². The van der Waals surface area contributed by atoms with Gasteiger partial charge in [0.15, 0.2) is 0 Å². The van der Waals surface area contributed by atoms with Gasteiger partial charge in [0.2, 0.25) is 0 Å². The first-order valence-electron chi connectivity index (χ1n) is 6.56. The van der Waals surface area contributed by atoms with Crippen molar-refractivity contribution in [3.63, 3.8) is 0 Å². The molecule has 5 nitrogen and oxygen atoms in total. The molecular weight excluding hydrogens is 256 g/mol. The van der Waals surface area contributed by atoms with Crippen LogP contribution in [0.3, 0.4) is 0 Å². The number of amides is 3. The van der Waals surface area contributed by atoms with Crippen molar-refractivity contribution in [2.24, 2.45) is 0 Å². The molecule has 1 fully saturated rings. The predicted molar refractivity (Wildman–Crippen MR) is 76.3 cm³/mol. The van der Waals surface area contributed by atoms with E-state index in [1.165, 1.54) is 0 Å². The van der Waals surface area contributed by atoms with Gasteiger partial charge in [0.25, 0.3) is 0 Å². The summed E-state index contributed by atoms with van der Waals surface area (Å²) in [6.45, 7) is 6.14. The molecule has 20 heavy (non-hydrogen) atoms. The van der Waals surface area contributed by atoms with E-state index in [9.17, 15) is 9.59 Å². The third kappa shape index (κ3) is 3.38. The summed E-state index contributed by atoms with van der Waals surface area (Å²) in [5, 5.41) is 2.65. The fourth-order valence-electron chi connectivity index (χ4n) is 2.00. The maximum Gasteiger partial charge on any atom is 0.418 e. The van der Waals surface area contributed by atoms with E-state index in [4.69, 9.17) is 4.74 Å². The molecule has 1 atom stereocenters. The molecule has 1 unspecified atom stereocenters. The minimum atomic E-state index is -0.588. The number of nitrogens with one attached hydrogen (secondary N) is 1.